The summed E-state index contributed by atoms with van der Waals surface area (Å²) in [4.78, 5) is 40.8. The molecule has 2 aromatic rings. The highest BCUT2D eigenvalue weighted by molar-refractivity contribution is 5.98. The summed E-state index contributed by atoms with van der Waals surface area (Å²) in [7, 11) is 0. The smallest absolute Gasteiger partial charge is 0.459 e. The van der Waals surface area contributed by atoms with Crippen molar-refractivity contribution in [3.63, 3.8) is 0 Å². The molecule has 0 radical (unpaired) electrons. The number of nitrogens with one attached hydrogen (secondary N) is 1. The van der Waals surface area contributed by atoms with Crippen molar-refractivity contribution in [1.82, 2.24) is 9.80 Å². The third-order valence-electron chi connectivity index (χ3n) is 9.07. The number of carbonyl (C=O) groups excluding carboxylic acids is 3. The highest BCUT2D eigenvalue weighted by atomic mass is 19.4. The topological polar surface area (TPSA) is 118 Å². The number of aliphatic hydroxyl groups is 1. The van der Waals surface area contributed by atoms with Crippen LogP contribution < -0.4 is 5.32 Å². The average molecular weight is 676 g/mol. The van der Waals surface area contributed by atoms with Crippen molar-refractivity contribution in [2.24, 2.45) is 5.92 Å². The summed E-state index contributed by atoms with van der Waals surface area (Å²) in [5.41, 5.74) is 1.91. The quantitative estimate of drug-likeness (QED) is 0.364. The van der Waals surface area contributed by atoms with E-state index < -0.39 is 48.1 Å². The Balaban J connectivity index is 1.37. The summed E-state index contributed by atoms with van der Waals surface area (Å²) in [6.07, 6.45) is -4.83. The molecule has 2 amide bonds. The monoisotopic (exact) mass is 675 g/mol. The van der Waals surface area contributed by atoms with E-state index in [1.54, 1.807) is 24.3 Å². The van der Waals surface area contributed by atoms with E-state index in [2.05, 4.69) is 10.2 Å². The van der Waals surface area contributed by atoms with Crippen LogP contribution in [0, 0.1) is 5.92 Å². The minimum atomic E-state index is -5.07. The van der Waals surface area contributed by atoms with Crippen LogP contribution in [0.15, 0.2) is 48.5 Å². The van der Waals surface area contributed by atoms with Gasteiger partial charge in [0.05, 0.1) is 18.8 Å². The zero-order valence-corrected chi connectivity index (χ0v) is 27.7. The Hall–Kier alpha value is -3.52. The number of carbonyl (C=O) groups is 3. The second kappa shape index (κ2) is 14.5. The average Bonchev–Trinajstić information content (AvgIpc) is 3.71. The zero-order chi connectivity index (χ0) is 34.8. The maximum absolute atomic E-state index is 13.1. The highest BCUT2D eigenvalue weighted by Gasteiger charge is 2.48. The van der Waals surface area contributed by atoms with Gasteiger partial charge in [0.25, 0.3) is 0 Å². The molecule has 3 fully saturated rings. The first-order chi connectivity index (χ1) is 22.6. The van der Waals surface area contributed by atoms with E-state index in [4.69, 9.17) is 14.2 Å². The van der Waals surface area contributed by atoms with Crippen molar-refractivity contribution >= 4 is 23.5 Å². The number of anilines is 1. The molecule has 2 aromatic carbocycles. The van der Waals surface area contributed by atoms with Gasteiger partial charge >= 0.3 is 18.1 Å². The number of hydrogen-bond donors (Lipinski definition) is 2. The van der Waals surface area contributed by atoms with Gasteiger partial charge in [-0.25, -0.2) is 0 Å². The molecule has 2 N–H and O–H groups in total. The summed E-state index contributed by atoms with van der Waals surface area (Å²) < 4.78 is 58.2. The van der Waals surface area contributed by atoms with Gasteiger partial charge in [-0.05, 0) is 76.3 Å². The standard InChI is InChI=1S/C35H44F3N3O7/c1-21-28(19-40-16-6-11-27(40)31(44)48-34(2,3)4)46-32(47-29(21)23-14-12-22(20-42)13-15-23)24-8-5-9-25(18-24)39-30(43)26-10-7-17-41(26)33(45)35(36,37)38/h5,8-9,12-15,18,21,26-29,32,42H,6-7,10-11,16-17,19-20H2,1-4H3,(H,39,43)/t21-,26-,27-,28+,29+,32+/m0/s1. The van der Waals surface area contributed by atoms with Crippen molar-refractivity contribution < 1.29 is 46.9 Å². The van der Waals surface area contributed by atoms with Crippen LogP contribution in [0.3, 0.4) is 0 Å². The largest absolute Gasteiger partial charge is 0.471 e. The Labute approximate surface area is 278 Å². The first-order valence-corrected chi connectivity index (χ1v) is 16.4. The highest BCUT2D eigenvalue weighted by Crippen LogP contribution is 2.43. The lowest BCUT2D eigenvalue weighted by molar-refractivity contribution is -0.276. The maximum Gasteiger partial charge on any atom is 0.471 e. The van der Waals surface area contributed by atoms with E-state index in [1.807, 2.05) is 52.0 Å². The second-order valence-electron chi connectivity index (χ2n) is 13.8. The zero-order valence-electron chi connectivity index (χ0n) is 27.7. The van der Waals surface area contributed by atoms with Crippen molar-refractivity contribution in [3.8, 4) is 0 Å². The summed E-state index contributed by atoms with van der Waals surface area (Å²) in [5, 5.41) is 12.2. The summed E-state index contributed by atoms with van der Waals surface area (Å²) in [5.74, 6) is -3.15. The molecule has 0 aliphatic carbocycles. The molecule has 3 aliphatic rings. The van der Waals surface area contributed by atoms with Crippen molar-refractivity contribution in [2.75, 3.05) is 25.0 Å². The minimum absolute atomic E-state index is 0.0990. The van der Waals surface area contributed by atoms with Gasteiger partial charge in [0.1, 0.15) is 17.7 Å². The van der Waals surface area contributed by atoms with Crippen LogP contribution in [0.2, 0.25) is 0 Å². The molecule has 262 valence electrons. The molecule has 0 spiro atoms. The predicted octanol–water partition coefficient (Wildman–Crippen LogP) is 5.27. The molecular weight excluding hydrogens is 631 g/mol. The normalized spacial score (nSPS) is 26.8. The number of nitrogens with zero attached hydrogens (tertiary/aromatic N) is 2. The number of rotatable bonds is 8. The predicted molar refractivity (Wildman–Crippen MR) is 169 cm³/mol. The fourth-order valence-electron chi connectivity index (χ4n) is 6.67. The molecule has 10 nitrogen and oxygen atoms in total. The molecule has 0 bridgehead atoms. The number of amides is 2. The first kappa shape index (κ1) is 35.8. The fraction of sp³-hybridized carbons (Fsp3) is 0.571. The van der Waals surface area contributed by atoms with Crippen molar-refractivity contribution in [1.29, 1.82) is 0 Å². The Morgan fingerprint density at radius 1 is 0.958 bits per heavy atom. The summed E-state index contributed by atoms with van der Waals surface area (Å²) >= 11 is 0. The Kier molecular flexibility index (Phi) is 10.8. The van der Waals surface area contributed by atoms with Gasteiger partial charge in [-0.1, -0.05) is 43.3 Å². The molecule has 48 heavy (non-hydrogen) atoms. The summed E-state index contributed by atoms with van der Waals surface area (Å²) in [6, 6.07) is 12.5. The van der Waals surface area contributed by atoms with E-state index in [-0.39, 0.29) is 44.0 Å². The third kappa shape index (κ3) is 8.36. The molecule has 3 heterocycles. The lowest BCUT2D eigenvalue weighted by atomic mass is 9.90. The van der Waals surface area contributed by atoms with Gasteiger partial charge in [-0.15, -0.1) is 0 Å². The fourth-order valence-corrected chi connectivity index (χ4v) is 6.67. The van der Waals surface area contributed by atoms with E-state index in [0.717, 1.165) is 17.5 Å². The van der Waals surface area contributed by atoms with Crippen LogP contribution in [0.5, 0.6) is 0 Å². The van der Waals surface area contributed by atoms with Gasteiger partial charge in [0, 0.05) is 30.3 Å². The summed E-state index contributed by atoms with van der Waals surface area (Å²) in [6.45, 7) is 8.45. The molecule has 0 unspecified atom stereocenters. The number of halogens is 3. The molecule has 0 saturated carbocycles. The van der Waals surface area contributed by atoms with E-state index in [0.29, 0.717) is 35.7 Å². The van der Waals surface area contributed by atoms with Gasteiger partial charge in [-0.2, -0.15) is 13.2 Å². The molecule has 6 atom stereocenters. The van der Waals surface area contributed by atoms with Gasteiger partial charge in [-0.3, -0.25) is 19.3 Å². The number of hydrogen-bond acceptors (Lipinski definition) is 8. The van der Waals surface area contributed by atoms with Crippen LogP contribution in [0.25, 0.3) is 0 Å². The van der Waals surface area contributed by atoms with E-state index >= 15 is 0 Å². The number of ether oxygens (including phenoxy) is 3. The van der Waals surface area contributed by atoms with Crippen LogP contribution in [-0.4, -0.2) is 82.3 Å². The minimum Gasteiger partial charge on any atom is -0.459 e. The molecule has 5 rings (SSSR count). The van der Waals surface area contributed by atoms with Crippen LogP contribution in [0.4, 0.5) is 18.9 Å². The SMILES string of the molecule is C[C@H]1[C@@H](CN2CCC[C@H]2C(=O)OC(C)(C)C)O[C@@H](c2cccc(NC(=O)[C@@H]3CCCN3C(=O)C(F)(F)F)c2)O[C@H]1c1ccc(CO)cc1. The van der Waals surface area contributed by atoms with Gasteiger partial charge < -0.3 is 29.5 Å². The lowest BCUT2D eigenvalue weighted by Gasteiger charge is -2.43. The van der Waals surface area contributed by atoms with Gasteiger partial charge in [0.2, 0.25) is 5.91 Å². The van der Waals surface area contributed by atoms with Crippen LogP contribution >= 0.6 is 0 Å². The molecular formula is C35H44F3N3O7. The molecule has 13 heteroatoms. The Morgan fingerprint density at radius 3 is 2.31 bits per heavy atom. The maximum atomic E-state index is 13.1. The van der Waals surface area contributed by atoms with Crippen molar-refractivity contribution in [2.45, 2.75) is 102 Å². The number of alkyl halides is 3. The Morgan fingerprint density at radius 2 is 1.65 bits per heavy atom. The number of esters is 1. The molecule has 3 saturated heterocycles. The molecule has 3 aliphatic heterocycles. The van der Waals surface area contributed by atoms with E-state index in [1.165, 1.54) is 0 Å². The third-order valence-corrected chi connectivity index (χ3v) is 9.07. The van der Waals surface area contributed by atoms with Gasteiger partial charge in [0.15, 0.2) is 6.29 Å². The number of aliphatic hydroxyl groups excluding tert-OH is 1. The number of likely N-dealkylation sites (tertiary alicyclic amines) is 2. The van der Waals surface area contributed by atoms with Crippen LogP contribution in [0.1, 0.15) is 82.5 Å². The second-order valence-corrected chi connectivity index (χ2v) is 13.8. The lowest BCUT2D eigenvalue weighted by Crippen LogP contribution is -2.48. The van der Waals surface area contributed by atoms with Crippen LogP contribution in [-0.2, 0) is 35.2 Å². The Bertz CT molecular complexity index is 1460. The first-order valence-electron chi connectivity index (χ1n) is 16.4. The van der Waals surface area contributed by atoms with E-state index in [9.17, 15) is 32.7 Å². The number of benzene rings is 2. The molecule has 0 aromatic heterocycles. The van der Waals surface area contributed by atoms with Crippen molar-refractivity contribution in [3.05, 3.63) is 65.2 Å².